The summed E-state index contributed by atoms with van der Waals surface area (Å²) >= 11 is 0. The van der Waals surface area contributed by atoms with Crippen molar-refractivity contribution < 1.29 is 37.8 Å². The molecule has 6 rings (SSSR count). The molecule has 308 valence electrons. The molecule has 2 aromatic carbocycles. The maximum atomic E-state index is 15.5. The molecule has 2 saturated heterocycles. The predicted molar refractivity (Wildman–Crippen MR) is 213 cm³/mol. The Kier molecular flexibility index (Phi) is 13.6. The Labute approximate surface area is 336 Å². The first-order chi connectivity index (χ1) is 28.0. The first-order valence-electron chi connectivity index (χ1n) is 19.7. The number of hydrogen-bond acceptors (Lipinski definition) is 9. The van der Waals surface area contributed by atoms with Crippen molar-refractivity contribution in [1.29, 1.82) is 0 Å². The summed E-state index contributed by atoms with van der Waals surface area (Å²) in [5.41, 5.74) is 3.55. The van der Waals surface area contributed by atoms with Crippen LogP contribution < -0.4 is 16.0 Å². The monoisotopic (exact) mass is 798 g/mol. The Bertz CT molecular complexity index is 2170. The van der Waals surface area contributed by atoms with Gasteiger partial charge in [0.05, 0.1) is 54.8 Å². The lowest BCUT2D eigenvalue weighted by atomic mass is 10.0. The molecule has 0 saturated carbocycles. The second kappa shape index (κ2) is 19.0. The number of carbonyl (C=O) groups is 4. The van der Waals surface area contributed by atoms with Gasteiger partial charge in [0, 0.05) is 38.4 Å². The van der Waals surface area contributed by atoms with E-state index in [9.17, 15) is 19.2 Å². The zero-order valence-corrected chi connectivity index (χ0v) is 33.5. The van der Waals surface area contributed by atoms with E-state index < -0.39 is 36.1 Å². The van der Waals surface area contributed by atoms with Crippen LogP contribution in [0.25, 0.3) is 22.3 Å². The smallest absolute Gasteiger partial charge is 0.407 e. The van der Waals surface area contributed by atoms with Crippen LogP contribution in [-0.4, -0.2) is 94.5 Å². The summed E-state index contributed by atoms with van der Waals surface area (Å²) in [5.74, 6) is 6.00. The van der Waals surface area contributed by atoms with Gasteiger partial charge in [-0.15, -0.1) is 0 Å². The molecule has 15 nitrogen and oxygen atoms in total. The second-order valence-electron chi connectivity index (χ2n) is 14.9. The number of benzene rings is 2. The number of nitrogens with zero attached hydrogens (tertiary/aromatic N) is 4. The van der Waals surface area contributed by atoms with Gasteiger partial charge in [0.15, 0.2) is 0 Å². The molecule has 16 heteroatoms. The van der Waals surface area contributed by atoms with Crippen molar-refractivity contribution in [3.8, 4) is 23.1 Å². The van der Waals surface area contributed by atoms with Gasteiger partial charge in [-0.25, -0.2) is 23.9 Å². The van der Waals surface area contributed by atoms with Crippen LogP contribution in [0.3, 0.4) is 0 Å². The minimum Gasteiger partial charge on any atom is -0.453 e. The number of hydrogen-bond donors (Lipinski definition) is 4. The number of fused-ring (bicyclic) bond motifs is 1. The molecule has 4 aromatic rings. The minimum absolute atomic E-state index is 0.168. The van der Waals surface area contributed by atoms with E-state index in [1.807, 2.05) is 42.7 Å². The Morgan fingerprint density at radius 1 is 0.983 bits per heavy atom. The van der Waals surface area contributed by atoms with Crippen molar-refractivity contribution in [2.45, 2.75) is 83.0 Å². The molecule has 2 fully saturated rings. The molecular weight excluding hydrogens is 748 g/mol. The van der Waals surface area contributed by atoms with Crippen molar-refractivity contribution in [1.82, 2.24) is 40.4 Å². The van der Waals surface area contributed by atoms with E-state index in [1.165, 1.54) is 20.3 Å². The van der Waals surface area contributed by atoms with Gasteiger partial charge in [0.1, 0.15) is 29.5 Å². The van der Waals surface area contributed by atoms with Crippen molar-refractivity contribution in [3.05, 3.63) is 71.2 Å². The lowest BCUT2D eigenvalue weighted by molar-refractivity contribution is -0.135. The summed E-state index contributed by atoms with van der Waals surface area (Å²) in [6.45, 7) is 5.27. The SMILES string of the molecule is COC(=O)N[C@H]1CCCCCOCC[C@@H](c2ncc(-c3ccc(C#Cc4cc5nc([C@@H]6CCCN6C(=O)[C@@H](NC(=O)OC)C(C)C)n(C)c5cc4F)cc3)[nH]2)NC1=O. The van der Waals surface area contributed by atoms with Crippen LogP contribution in [-0.2, 0) is 30.8 Å². The molecule has 4 atom stereocenters. The number of aromatic amines is 1. The van der Waals surface area contributed by atoms with Gasteiger partial charge >= 0.3 is 12.2 Å². The summed E-state index contributed by atoms with van der Waals surface area (Å²) in [5, 5.41) is 8.33. The predicted octanol–water partition coefficient (Wildman–Crippen LogP) is 5.41. The van der Waals surface area contributed by atoms with E-state index in [0.717, 1.165) is 36.9 Å². The van der Waals surface area contributed by atoms with Crippen LogP contribution in [0.1, 0.15) is 93.7 Å². The highest BCUT2D eigenvalue weighted by molar-refractivity contribution is 5.87. The van der Waals surface area contributed by atoms with Crippen LogP contribution in [0.5, 0.6) is 0 Å². The number of imidazole rings is 2. The van der Waals surface area contributed by atoms with Gasteiger partial charge in [-0.3, -0.25) is 9.59 Å². The Morgan fingerprint density at radius 3 is 2.50 bits per heavy atom. The average molecular weight is 799 g/mol. The number of methoxy groups -OCH3 is 2. The maximum absolute atomic E-state index is 15.5. The van der Waals surface area contributed by atoms with Crippen LogP contribution >= 0.6 is 0 Å². The van der Waals surface area contributed by atoms with Crippen molar-refractivity contribution >= 4 is 35.0 Å². The number of ether oxygens (including phenoxy) is 3. The summed E-state index contributed by atoms with van der Waals surface area (Å²) in [4.78, 5) is 65.4. The fraction of sp³-hybridized carbons (Fsp3) is 0.476. The maximum Gasteiger partial charge on any atom is 0.407 e. The molecular formula is C42H51FN8O7. The van der Waals surface area contributed by atoms with Gasteiger partial charge in [-0.05, 0) is 61.8 Å². The number of aryl methyl sites for hydroxylation is 1. The summed E-state index contributed by atoms with van der Waals surface area (Å²) in [6, 6.07) is 8.13. The third-order valence-electron chi connectivity index (χ3n) is 10.6. The molecule has 0 unspecified atom stereocenters. The first kappa shape index (κ1) is 41.7. The van der Waals surface area contributed by atoms with Crippen LogP contribution in [0.15, 0.2) is 42.6 Å². The van der Waals surface area contributed by atoms with Crippen molar-refractivity contribution in [2.24, 2.45) is 13.0 Å². The standard InChI is InChI=1S/C42H51FN8O7/c1-25(2)36(49-42(55)57-5)40(53)51-19-9-11-34(51)38-46-32-22-28(29(43)23-35(32)50(38)3)17-14-26-12-15-27(16-13-26)33-24-44-37(45-33)30-18-21-58-20-8-6-7-10-31(39(52)47-30)48-41(54)56-4/h12-13,15-16,22-25,30-31,34,36H,6-11,18-21H2,1-5H3,(H,44,45)(H,47,52)(H,48,54)(H,49,55)/t30-,31-,34-,36-/m0/s1. The minimum atomic E-state index is -0.764. The Morgan fingerprint density at radius 2 is 1.76 bits per heavy atom. The summed E-state index contributed by atoms with van der Waals surface area (Å²) in [6.07, 6.45) is 5.25. The third kappa shape index (κ3) is 9.76. The number of nitrogens with one attached hydrogen (secondary N) is 4. The number of rotatable bonds is 7. The van der Waals surface area contributed by atoms with Gasteiger partial charge in [-0.2, -0.15) is 0 Å². The van der Waals surface area contributed by atoms with Crippen LogP contribution in [0.2, 0.25) is 0 Å². The lowest BCUT2D eigenvalue weighted by Gasteiger charge is -2.30. The van der Waals surface area contributed by atoms with E-state index in [1.54, 1.807) is 24.2 Å². The number of likely N-dealkylation sites (tertiary alicyclic amines) is 1. The highest BCUT2D eigenvalue weighted by atomic mass is 19.1. The van der Waals surface area contributed by atoms with Crippen molar-refractivity contribution in [2.75, 3.05) is 34.0 Å². The molecule has 4 N–H and O–H groups in total. The fourth-order valence-electron chi connectivity index (χ4n) is 7.39. The van der Waals surface area contributed by atoms with E-state index in [2.05, 4.69) is 37.8 Å². The lowest BCUT2D eigenvalue weighted by Crippen LogP contribution is -2.51. The zero-order valence-electron chi connectivity index (χ0n) is 33.5. The third-order valence-corrected chi connectivity index (χ3v) is 10.6. The molecule has 2 aromatic heterocycles. The molecule has 2 aliphatic rings. The van der Waals surface area contributed by atoms with Gasteiger partial charge in [0.25, 0.3) is 0 Å². The van der Waals surface area contributed by atoms with E-state index >= 15 is 4.39 Å². The highest BCUT2D eigenvalue weighted by Gasteiger charge is 2.38. The number of alkyl carbamates (subject to hydrolysis) is 2. The highest BCUT2D eigenvalue weighted by Crippen LogP contribution is 2.34. The fourth-order valence-corrected chi connectivity index (χ4v) is 7.39. The Balaban J connectivity index is 1.16. The van der Waals surface area contributed by atoms with Crippen molar-refractivity contribution in [3.63, 3.8) is 0 Å². The summed E-state index contributed by atoms with van der Waals surface area (Å²) < 4.78 is 32.6. The number of aromatic nitrogens is 4. The molecule has 0 radical (unpaired) electrons. The molecule has 0 aliphatic carbocycles. The largest absolute Gasteiger partial charge is 0.453 e. The van der Waals surface area contributed by atoms with Gasteiger partial charge < -0.3 is 44.6 Å². The number of amides is 4. The molecule has 0 bridgehead atoms. The van der Waals surface area contributed by atoms with Gasteiger partial charge in [-0.1, -0.05) is 50.7 Å². The molecule has 2 aliphatic heterocycles. The quantitative estimate of drug-likeness (QED) is 0.178. The summed E-state index contributed by atoms with van der Waals surface area (Å²) in [7, 11) is 4.33. The van der Waals surface area contributed by atoms with Gasteiger partial charge in [0.2, 0.25) is 11.8 Å². The molecule has 4 amide bonds. The number of halogens is 1. The number of carbonyl (C=O) groups excluding carboxylic acids is 4. The normalized spacial score (nSPS) is 19.6. The second-order valence-corrected chi connectivity index (χ2v) is 14.9. The molecule has 4 heterocycles. The van der Waals surface area contributed by atoms with E-state index in [0.29, 0.717) is 67.3 Å². The topological polar surface area (TPSA) is 182 Å². The number of H-pyrrole nitrogens is 1. The Hall–Kier alpha value is -5.95. The zero-order chi connectivity index (χ0) is 41.3. The van der Waals surface area contributed by atoms with E-state index in [-0.39, 0.29) is 29.3 Å². The average Bonchev–Trinajstić information content (AvgIpc) is 3.98. The van der Waals surface area contributed by atoms with Crippen LogP contribution in [0, 0.1) is 23.6 Å². The van der Waals surface area contributed by atoms with Crippen LogP contribution in [0.4, 0.5) is 14.0 Å². The first-order valence-corrected chi connectivity index (χ1v) is 19.7. The molecule has 0 spiro atoms. The van der Waals surface area contributed by atoms with E-state index in [4.69, 9.17) is 19.2 Å². The molecule has 58 heavy (non-hydrogen) atoms.